The van der Waals surface area contributed by atoms with Crippen LogP contribution in [0.3, 0.4) is 0 Å². The van der Waals surface area contributed by atoms with Crippen molar-refractivity contribution in [1.82, 2.24) is 5.32 Å². The molecule has 1 N–H and O–H groups in total. The van der Waals surface area contributed by atoms with Gasteiger partial charge in [-0.25, -0.2) is 0 Å². The van der Waals surface area contributed by atoms with Gasteiger partial charge in [0, 0.05) is 10.0 Å². The molecule has 5 nitrogen and oxygen atoms in total. The molecule has 2 aromatic rings. The highest BCUT2D eigenvalue weighted by Crippen LogP contribution is 2.28. The Labute approximate surface area is 146 Å². The molecule has 0 radical (unpaired) electrons. The summed E-state index contributed by atoms with van der Waals surface area (Å²) in [7, 11) is 0. The molecule has 23 heavy (non-hydrogen) atoms. The number of hydrogen-bond acceptors (Lipinski definition) is 4. The molecule has 1 aromatic carbocycles. The topological polar surface area (TPSA) is 62.6 Å². The molecule has 1 aliphatic heterocycles. The van der Waals surface area contributed by atoms with Crippen LogP contribution in [0, 0.1) is 0 Å². The number of hydrogen-bond donors (Lipinski definition) is 1. The Morgan fingerprint density at radius 1 is 1.17 bits per heavy atom. The third kappa shape index (κ3) is 3.14. The minimum absolute atomic E-state index is 0.0464. The molecule has 1 aromatic heterocycles. The second kappa shape index (κ2) is 6.16. The highest BCUT2D eigenvalue weighted by Gasteiger charge is 2.34. The summed E-state index contributed by atoms with van der Waals surface area (Å²) in [4.78, 5) is 25.9. The van der Waals surface area contributed by atoms with Crippen LogP contribution in [-0.2, 0) is 9.59 Å². The molecule has 2 amide bonds. The van der Waals surface area contributed by atoms with E-state index in [1.165, 1.54) is 30.5 Å². The van der Waals surface area contributed by atoms with Gasteiger partial charge in [-0.2, -0.15) is 0 Å². The number of carbonyl (C=O) groups excluding carboxylic acids is 2. The van der Waals surface area contributed by atoms with Crippen molar-refractivity contribution in [2.75, 3.05) is 4.90 Å². The van der Waals surface area contributed by atoms with E-state index in [-0.39, 0.29) is 10.7 Å². The number of nitrogens with one attached hydrogen (secondary N) is 1. The van der Waals surface area contributed by atoms with E-state index in [1.54, 1.807) is 12.1 Å². The van der Waals surface area contributed by atoms with Gasteiger partial charge < -0.3 is 4.42 Å². The summed E-state index contributed by atoms with van der Waals surface area (Å²) in [6, 6.07) is 7.86. The molecule has 1 aliphatic rings. The molecular weight excluding hydrogens is 359 g/mol. The average molecular weight is 367 g/mol. The summed E-state index contributed by atoms with van der Waals surface area (Å²) in [5.74, 6) is -0.811. The van der Waals surface area contributed by atoms with Gasteiger partial charge in [0.2, 0.25) is 0 Å². The molecule has 3 rings (SSSR count). The minimum Gasteiger partial charge on any atom is -0.465 e. The first-order valence-corrected chi connectivity index (χ1v) is 7.53. The van der Waals surface area contributed by atoms with Crippen LogP contribution in [0.2, 0.25) is 10.0 Å². The second-order valence-corrected chi connectivity index (χ2v) is 5.86. The molecule has 116 valence electrons. The minimum atomic E-state index is -0.597. The van der Waals surface area contributed by atoms with Gasteiger partial charge >= 0.3 is 0 Å². The summed E-state index contributed by atoms with van der Waals surface area (Å²) in [6.07, 6.45) is 2.79. The number of amides is 2. The number of halogens is 2. The van der Waals surface area contributed by atoms with Crippen molar-refractivity contribution in [2.45, 2.75) is 0 Å². The summed E-state index contributed by atoms with van der Waals surface area (Å²) in [5, 5.41) is 3.10. The Balaban J connectivity index is 2.05. The normalized spacial score (nSPS) is 16.9. The Hall–Kier alpha value is -2.15. The van der Waals surface area contributed by atoms with Crippen LogP contribution >= 0.6 is 35.4 Å². The number of rotatable bonds is 2. The predicted octanol–water partition coefficient (Wildman–Crippen LogP) is 3.42. The standard InChI is InChI=1S/C15H8Cl2N2O3S/c16-8-4-9(17)6-10(5-8)19-14(21)12(13(20)18-15(19)23)7-11-2-1-3-22-11/h1-7H,(H,18,20,23)/b12-7-. The number of furan rings is 1. The Bertz CT molecular complexity index is 826. The number of carbonyl (C=O) groups is 2. The van der Waals surface area contributed by atoms with Crippen molar-refractivity contribution in [3.05, 3.63) is 58.0 Å². The fourth-order valence-corrected chi connectivity index (χ4v) is 2.87. The molecule has 1 fully saturated rings. The van der Waals surface area contributed by atoms with E-state index in [9.17, 15) is 9.59 Å². The van der Waals surface area contributed by atoms with E-state index in [2.05, 4.69) is 5.32 Å². The molecule has 0 saturated carbocycles. The fourth-order valence-electron chi connectivity index (χ4n) is 2.08. The Morgan fingerprint density at radius 2 is 1.87 bits per heavy atom. The molecule has 0 spiro atoms. The van der Waals surface area contributed by atoms with Crippen LogP contribution in [-0.4, -0.2) is 16.9 Å². The lowest BCUT2D eigenvalue weighted by molar-refractivity contribution is -0.122. The molecular formula is C15H8Cl2N2O3S. The zero-order chi connectivity index (χ0) is 16.6. The summed E-state index contributed by atoms with van der Waals surface area (Å²) >= 11 is 17.0. The third-order valence-electron chi connectivity index (χ3n) is 3.04. The average Bonchev–Trinajstić information content (AvgIpc) is 2.95. The molecule has 1 saturated heterocycles. The van der Waals surface area contributed by atoms with Gasteiger partial charge in [-0.3, -0.25) is 19.8 Å². The quantitative estimate of drug-likeness (QED) is 0.502. The van der Waals surface area contributed by atoms with E-state index in [0.29, 0.717) is 21.5 Å². The monoisotopic (exact) mass is 366 g/mol. The molecule has 0 aliphatic carbocycles. The van der Waals surface area contributed by atoms with Gasteiger partial charge in [-0.1, -0.05) is 23.2 Å². The Morgan fingerprint density at radius 3 is 2.48 bits per heavy atom. The van der Waals surface area contributed by atoms with E-state index in [4.69, 9.17) is 39.8 Å². The molecule has 0 bridgehead atoms. The first-order chi connectivity index (χ1) is 11.0. The lowest BCUT2D eigenvalue weighted by Crippen LogP contribution is -2.54. The van der Waals surface area contributed by atoms with Crippen molar-refractivity contribution < 1.29 is 14.0 Å². The number of thiocarbonyl (C=S) groups is 1. The molecule has 2 heterocycles. The van der Waals surface area contributed by atoms with Gasteiger partial charge in [0.15, 0.2) is 5.11 Å². The maximum absolute atomic E-state index is 12.7. The fraction of sp³-hybridized carbons (Fsp3) is 0. The first-order valence-electron chi connectivity index (χ1n) is 6.37. The number of anilines is 1. The SMILES string of the molecule is O=C1NC(=S)N(c2cc(Cl)cc(Cl)c2)C(=O)/C1=C\c1ccco1. The summed E-state index contributed by atoms with van der Waals surface area (Å²) in [5.41, 5.74) is 0.257. The van der Waals surface area contributed by atoms with E-state index < -0.39 is 11.8 Å². The largest absolute Gasteiger partial charge is 0.465 e. The van der Waals surface area contributed by atoms with Gasteiger partial charge in [0.25, 0.3) is 11.8 Å². The zero-order valence-electron chi connectivity index (χ0n) is 11.4. The highest BCUT2D eigenvalue weighted by atomic mass is 35.5. The Kier molecular flexibility index (Phi) is 4.21. The highest BCUT2D eigenvalue weighted by molar-refractivity contribution is 7.80. The van der Waals surface area contributed by atoms with Gasteiger partial charge in [-0.05, 0) is 48.6 Å². The van der Waals surface area contributed by atoms with E-state index in [0.717, 1.165) is 4.90 Å². The lowest BCUT2D eigenvalue weighted by atomic mass is 10.1. The van der Waals surface area contributed by atoms with Crippen molar-refractivity contribution in [3.8, 4) is 0 Å². The van der Waals surface area contributed by atoms with E-state index in [1.807, 2.05) is 0 Å². The van der Waals surface area contributed by atoms with Crippen LogP contribution in [0.1, 0.15) is 5.76 Å². The molecule has 8 heteroatoms. The maximum atomic E-state index is 12.7. The summed E-state index contributed by atoms with van der Waals surface area (Å²) < 4.78 is 5.14. The summed E-state index contributed by atoms with van der Waals surface area (Å²) in [6.45, 7) is 0. The van der Waals surface area contributed by atoms with Crippen molar-refractivity contribution in [2.24, 2.45) is 0 Å². The zero-order valence-corrected chi connectivity index (χ0v) is 13.7. The lowest BCUT2D eigenvalue weighted by Gasteiger charge is -2.29. The molecule has 0 atom stereocenters. The van der Waals surface area contributed by atoms with Gasteiger partial charge in [0.05, 0.1) is 12.0 Å². The van der Waals surface area contributed by atoms with Crippen LogP contribution < -0.4 is 10.2 Å². The maximum Gasteiger partial charge on any atom is 0.270 e. The molecule has 0 unspecified atom stereocenters. The number of nitrogens with zero attached hydrogens (tertiary/aromatic N) is 1. The predicted molar refractivity (Wildman–Crippen MR) is 91.4 cm³/mol. The van der Waals surface area contributed by atoms with Crippen molar-refractivity contribution >= 4 is 64.1 Å². The van der Waals surface area contributed by atoms with Crippen LogP contribution in [0.15, 0.2) is 46.6 Å². The number of benzene rings is 1. The van der Waals surface area contributed by atoms with E-state index >= 15 is 0 Å². The third-order valence-corrected chi connectivity index (χ3v) is 3.76. The van der Waals surface area contributed by atoms with Gasteiger partial charge in [-0.15, -0.1) is 0 Å². The smallest absolute Gasteiger partial charge is 0.270 e. The van der Waals surface area contributed by atoms with Crippen molar-refractivity contribution in [3.63, 3.8) is 0 Å². The van der Waals surface area contributed by atoms with Crippen LogP contribution in [0.25, 0.3) is 6.08 Å². The van der Waals surface area contributed by atoms with Gasteiger partial charge in [0.1, 0.15) is 11.3 Å². The van der Waals surface area contributed by atoms with Crippen LogP contribution in [0.5, 0.6) is 0 Å². The van der Waals surface area contributed by atoms with Crippen molar-refractivity contribution in [1.29, 1.82) is 0 Å². The first kappa shape index (κ1) is 15.7. The van der Waals surface area contributed by atoms with Crippen LogP contribution in [0.4, 0.5) is 5.69 Å². The second-order valence-electron chi connectivity index (χ2n) is 4.60.